The number of halogens is 3. The normalized spacial score (nSPS) is 10.4. The van der Waals surface area contributed by atoms with E-state index in [0.29, 0.717) is 0 Å². The van der Waals surface area contributed by atoms with E-state index in [1.54, 1.807) is 0 Å². The van der Waals surface area contributed by atoms with Crippen molar-refractivity contribution in [2.45, 2.75) is 13.5 Å². The summed E-state index contributed by atoms with van der Waals surface area (Å²) in [6.07, 6.45) is 0. The molecule has 0 aliphatic heterocycles. The lowest BCUT2D eigenvalue weighted by atomic mass is 10.1. The van der Waals surface area contributed by atoms with Gasteiger partial charge in [0.05, 0.1) is 0 Å². The molecule has 0 aliphatic rings. The molecule has 0 unspecified atom stereocenters. The molecule has 2 nitrogen and oxygen atoms in total. The third-order valence-corrected chi connectivity index (χ3v) is 3.41. The molecule has 2 aromatic carbocycles. The quantitative estimate of drug-likeness (QED) is 0.900. The Morgan fingerprint density at radius 1 is 1.15 bits per heavy atom. The van der Waals surface area contributed by atoms with Gasteiger partial charge in [0.25, 0.3) is 5.91 Å². The lowest BCUT2D eigenvalue weighted by Gasteiger charge is -2.08. The average molecular weight is 340 g/mol. The fourth-order valence-corrected chi connectivity index (χ4v) is 2.00. The summed E-state index contributed by atoms with van der Waals surface area (Å²) in [5.74, 6) is -2.44. The number of aryl methyl sites for hydroxylation is 1. The van der Waals surface area contributed by atoms with Crippen molar-refractivity contribution in [1.29, 1.82) is 0 Å². The second kappa shape index (κ2) is 6.13. The topological polar surface area (TPSA) is 29.1 Å². The van der Waals surface area contributed by atoms with Gasteiger partial charge in [-0.15, -0.1) is 0 Å². The molecule has 2 rings (SSSR count). The molecule has 0 heterocycles. The van der Waals surface area contributed by atoms with Crippen LogP contribution in [0.25, 0.3) is 0 Å². The van der Waals surface area contributed by atoms with Crippen molar-refractivity contribution in [3.63, 3.8) is 0 Å². The molecule has 2 aromatic rings. The number of carbonyl (C=O) groups excluding carboxylic acids is 1. The number of nitrogens with one attached hydrogen (secondary N) is 1. The highest BCUT2D eigenvalue weighted by atomic mass is 79.9. The van der Waals surface area contributed by atoms with Gasteiger partial charge < -0.3 is 5.32 Å². The highest BCUT2D eigenvalue weighted by Crippen LogP contribution is 2.16. The van der Waals surface area contributed by atoms with E-state index < -0.39 is 23.1 Å². The Morgan fingerprint density at radius 3 is 2.45 bits per heavy atom. The molecular formula is C15H12BrF2NO. The first-order valence-corrected chi connectivity index (χ1v) is 6.75. The predicted octanol–water partition coefficient (Wildman–Crippen LogP) is 3.97. The summed E-state index contributed by atoms with van der Waals surface area (Å²) in [4.78, 5) is 11.9. The highest BCUT2D eigenvalue weighted by Gasteiger charge is 2.18. The first-order valence-electron chi connectivity index (χ1n) is 5.96. The summed E-state index contributed by atoms with van der Waals surface area (Å²) < 4.78 is 28.3. The zero-order chi connectivity index (χ0) is 14.7. The monoisotopic (exact) mass is 339 g/mol. The third kappa shape index (κ3) is 3.22. The molecule has 5 heteroatoms. The maximum atomic E-state index is 13.8. The van der Waals surface area contributed by atoms with E-state index in [1.807, 2.05) is 24.3 Å². The van der Waals surface area contributed by atoms with Crippen molar-refractivity contribution in [1.82, 2.24) is 5.32 Å². The van der Waals surface area contributed by atoms with Crippen molar-refractivity contribution in [3.8, 4) is 0 Å². The molecule has 1 N–H and O–H groups in total. The Hall–Kier alpha value is -1.75. The maximum Gasteiger partial charge on any atom is 0.257 e. The molecular weight excluding hydrogens is 328 g/mol. The van der Waals surface area contributed by atoms with Gasteiger partial charge in [-0.1, -0.05) is 34.1 Å². The van der Waals surface area contributed by atoms with Crippen molar-refractivity contribution in [3.05, 3.63) is 69.2 Å². The summed E-state index contributed by atoms with van der Waals surface area (Å²) in [5, 5.41) is 2.51. The van der Waals surface area contributed by atoms with Gasteiger partial charge in [-0.25, -0.2) is 8.78 Å². The number of carbonyl (C=O) groups is 1. The fourth-order valence-electron chi connectivity index (χ4n) is 1.74. The van der Waals surface area contributed by atoms with Crippen LogP contribution in [0.1, 0.15) is 21.5 Å². The van der Waals surface area contributed by atoms with Crippen LogP contribution in [0.5, 0.6) is 0 Å². The van der Waals surface area contributed by atoms with Gasteiger partial charge in [0.15, 0.2) is 0 Å². The summed E-state index contributed by atoms with van der Waals surface area (Å²) >= 11 is 3.30. The standard InChI is InChI=1S/C15H12BrF2NO/c1-9-2-7-12(17)13(14(9)18)15(20)19-8-10-3-5-11(16)6-4-10/h2-7H,8H2,1H3,(H,19,20). The Balaban J connectivity index is 2.13. The van der Waals surface area contributed by atoms with Gasteiger partial charge in [0, 0.05) is 11.0 Å². The maximum absolute atomic E-state index is 13.8. The van der Waals surface area contributed by atoms with Crippen LogP contribution in [0.2, 0.25) is 0 Å². The van der Waals surface area contributed by atoms with Crippen LogP contribution in [0.15, 0.2) is 40.9 Å². The lowest BCUT2D eigenvalue weighted by molar-refractivity contribution is 0.0942. The summed E-state index contributed by atoms with van der Waals surface area (Å²) in [5.41, 5.74) is 0.539. The molecule has 0 aromatic heterocycles. The summed E-state index contributed by atoms with van der Waals surface area (Å²) in [6, 6.07) is 9.68. The van der Waals surface area contributed by atoms with Gasteiger partial charge in [-0.3, -0.25) is 4.79 Å². The van der Waals surface area contributed by atoms with Gasteiger partial charge in [-0.05, 0) is 36.2 Å². The van der Waals surface area contributed by atoms with Gasteiger partial charge in [-0.2, -0.15) is 0 Å². The molecule has 0 radical (unpaired) electrons. The molecule has 0 saturated heterocycles. The average Bonchev–Trinajstić information content (AvgIpc) is 2.43. The molecule has 0 bridgehead atoms. The largest absolute Gasteiger partial charge is 0.348 e. The predicted molar refractivity (Wildman–Crippen MR) is 76.4 cm³/mol. The van der Waals surface area contributed by atoms with Crippen molar-refractivity contribution in [2.24, 2.45) is 0 Å². The van der Waals surface area contributed by atoms with E-state index in [-0.39, 0.29) is 12.1 Å². The summed E-state index contributed by atoms with van der Waals surface area (Å²) in [6.45, 7) is 1.69. The number of hydrogen-bond donors (Lipinski definition) is 1. The van der Waals surface area contributed by atoms with E-state index in [9.17, 15) is 13.6 Å². The fraction of sp³-hybridized carbons (Fsp3) is 0.133. The first kappa shape index (κ1) is 14.7. The molecule has 104 valence electrons. The second-order valence-corrected chi connectivity index (χ2v) is 5.28. The molecule has 20 heavy (non-hydrogen) atoms. The van der Waals surface area contributed by atoms with Gasteiger partial charge >= 0.3 is 0 Å². The molecule has 0 aliphatic carbocycles. The van der Waals surface area contributed by atoms with Gasteiger partial charge in [0.1, 0.15) is 17.2 Å². The number of rotatable bonds is 3. The van der Waals surface area contributed by atoms with Crippen LogP contribution < -0.4 is 5.32 Å². The van der Waals surface area contributed by atoms with Crippen LogP contribution in [-0.2, 0) is 6.54 Å². The Bertz CT molecular complexity index is 641. The van der Waals surface area contributed by atoms with Crippen LogP contribution in [0.4, 0.5) is 8.78 Å². The number of hydrogen-bond acceptors (Lipinski definition) is 1. The second-order valence-electron chi connectivity index (χ2n) is 4.36. The Kier molecular flexibility index (Phi) is 4.49. The van der Waals surface area contributed by atoms with Crippen LogP contribution >= 0.6 is 15.9 Å². The van der Waals surface area contributed by atoms with Crippen molar-refractivity contribution >= 4 is 21.8 Å². The minimum atomic E-state index is -0.860. The van der Waals surface area contributed by atoms with E-state index in [1.165, 1.54) is 13.0 Å². The zero-order valence-corrected chi connectivity index (χ0v) is 12.3. The third-order valence-electron chi connectivity index (χ3n) is 2.88. The summed E-state index contributed by atoms with van der Waals surface area (Å²) in [7, 11) is 0. The minimum Gasteiger partial charge on any atom is -0.348 e. The van der Waals surface area contributed by atoms with Crippen molar-refractivity contribution in [2.75, 3.05) is 0 Å². The number of amides is 1. The minimum absolute atomic E-state index is 0.207. The SMILES string of the molecule is Cc1ccc(F)c(C(=O)NCc2ccc(Br)cc2)c1F. The van der Waals surface area contributed by atoms with Crippen LogP contribution in [0.3, 0.4) is 0 Å². The Morgan fingerprint density at radius 2 is 1.80 bits per heavy atom. The Labute approximate surface area is 123 Å². The zero-order valence-electron chi connectivity index (χ0n) is 10.7. The lowest BCUT2D eigenvalue weighted by Crippen LogP contribution is -2.25. The van der Waals surface area contributed by atoms with E-state index in [2.05, 4.69) is 21.2 Å². The van der Waals surface area contributed by atoms with Crippen LogP contribution in [-0.4, -0.2) is 5.91 Å². The van der Waals surface area contributed by atoms with E-state index >= 15 is 0 Å². The molecule has 1 amide bonds. The molecule has 0 saturated carbocycles. The smallest absolute Gasteiger partial charge is 0.257 e. The van der Waals surface area contributed by atoms with E-state index in [4.69, 9.17) is 0 Å². The first-order chi connectivity index (χ1) is 9.49. The highest BCUT2D eigenvalue weighted by molar-refractivity contribution is 9.10. The van der Waals surface area contributed by atoms with E-state index in [0.717, 1.165) is 16.1 Å². The molecule has 0 spiro atoms. The van der Waals surface area contributed by atoms with Crippen molar-refractivity contribution < 1.29 is 13.6 Å². The van der Waals surface area contributed by atoms with Crippen LogP contribution in [0, 0.1) is 18.6 Å². The molecule has 0 atom stereocenters. The molecule has 0 fully saturated rings. The number of benzene rings is 2. The van der Waals surface area contributed by atoms with Gasteiger partial charge in [0.2, 0.25) is 0 Å².